The zero-order valence-electron chi connectivity index (χ0n) is 13.9. The molecule has 1 aromatic carbocycles. The number of sulfonamides is 1. The number of amides is 1. The molecule has 23 heavy (non-hydrogen) atoms. The largest absolute Gasteiger partial charge is 0.325 e. The van der Waals surface area contributed by atoms with E-state index < -0.39 is 10.0 Å². The second-order valence-corrected chi connectivity index (χ2v) is 7.61. The average molecular weight is 339 g/mol. The lowest BCUT2D eigenvalue weighted by Crippen LogP contribution is -2.38. The van der Waals surface area contributed by atoms with Gasteiger partial charge in [0, 0.05) is 26.1 Å². The van der Waals surface area contributed by atoms with Crippen molar-refractivity contribution in [1.82, 2.24) is 9.21 Å². The summed E-state index contributed by atoms with van der Waals surface area (Å²) in [7, 11) is -3.61. The van der Waals surface area contributed by atoms with Gasteiger partial charge in [-0.1, -0.05) is 26.0 Å². The fraction of sp³-hybridized carbons (Fsp3) is 0.562. The van der Waals surface area contributed by atoms with Crippen LogP contribution < -0.4 is 5.32 Å². The Kier molecular flexibility index (Phi) is 5.78. The van der Waals surface area contributed by atoms with Crippen molar-refractivity contribution in [2.75, 3.05) is 31.5 Å². The molecule has 1 atom stereocenters. The molecular weight excluding hydrogens is 314 g/mol. The number of nitrogens with one attached hydrogen (secondary N) is 1. The van der Waals surface area contributed by atoms with Crippen molar-refractivity contribution >= 4 is 21.6 Å². The molecule has 1 heterocycles. The van der Waals surface area contributed by atoms with Gasteiger partial charge in [-0.2, -0.15) is 4.31 Å². The third kappa shape index (κ3) is 3.91. The van der Waals surface area contributed by atoms with Crippen molar-refractivity contribution in [2.45, 2.75) is 38.1 Å². The average Bonchev–Trinajstić information content (AvgIpc) is 2.99. The number of hydrogen-bond donors (Lipinski definition) is 1. The molecule has 1 N–H and O–H groups in total. The summed E-state index contributed by atoms with van der Waals surface area (Å²) in [5.74, 6) is -0.282. The number of likely N-dealkylation sites (N-methyl/N-ethyl adjacent to an activating group) is 1. The first-order valence-corrected chi connectivity index (χ1v) is 9.45. The van der Waals surface area contributed by atoms with Crippen LogP contribution in [0.3, 0.4) is 0 Å². The Bertz CT molecular complexity index is 656. The van der Waals surface area contributed by atoms with Gasteiger partial charge < -0.3 is 5.32 Å². The molecular formula is C16H25N3O3S. The Morgan fingerprint density at radius 1 is 1.30 bits per heavy atom. The minimum Gasteiger partial charge on any atom is -0.325 e. The SMILES string of the molecule is CCN(CC)C1CCN(S(=O)(=O)c2ccccc2NC(C)=O)C1. The second-order valence-electron chi connectivity index (χ2n) is 5.70. The summed E-state index contributed by atoms with van der Waals surface area (Å²) in [6.07, 6.45) is 0.837. The minimum absolute atomic E-state index is 0.162. The molecule has 1 fully saturated rings. The summed E-state index contributed by atoms with van der Waals surface area (Å²) in [6.45, 7) is 8.39. The molecule has 0 radical (unpaired) electrons. The summed E-state index contributed by atoms with van der Waals surface area (Å²) in [5.41, 5.74) is 0.339. The molecule has 0 saturated carbocycles. The van der Waals surface area contributed by atoms with Gasteiger partial charge in [0.1, 0.15) is 4.90 Å². The van der Waals surface area contributed by atoms with E-state index in [1.54, 1.807) is 24.3 Å². The van der Waals surface area contributed by atoms with Gasteiger partial charge in [-0.15, -0.1) is 0 Å². The zero-order chi connectivity index (χ0) is 17.0. The summed E-state index contributed by atoms with van der Waals surface area (Å²) >= 11 is 0. The highest BCUT2D eigenvalue weighted by Crippen LogP contribution is 2.28. The van der Waals surface area contributed by atoms with Crippen LogP contribution in [0.2, 0.25) is 0 Å². The number of carbonyl (C=O) groups is 1. The Labute approximate surface area is 138 Å². The van der Waals surface area contributed by atoms with Gasteiger partial charge in [0.25, 0.3) is 0 Å². The molecule has 0 aromatic heterocycles. The smallest absolute Gasteiger partial charge is 0.245 e. The molecule has 7 heteroatoms. The van der Waals surface area contributed by atoms with Gasteiger partial charge in [-0.25, -0.2) is 8.42 Å². The van der Waals surface area contributed by atoms with Crippen molar-refractivity contribution < 1.29 is 13.2 Å². The topological polar surface area (TPSA) is 69.7 Å². The minimum atomic E-state index is -3.61. The normalized spacial score (nSPS) is 19.2. The molecule has 1 amide bonds. The summed E-state index contributed by atoms with van der Waals surface area (Å²) in [5, 5.41) is 2.60. The molecule has 0 bridgehead atoms. The number of carbonyl (C=O) groups excluding carboxylic acids is 1. The van der Waals surface area contributed by atoms with Gasteiger partial charge in [0.2, 0.25) is 15.9 Å². The number of benzene rings is 1. The van der Waals surface area contributed by atoms with Crippen LogP contribution in [0, 0.1) is 0 Å². The Hall–Kier alpha value is -1.44. The van der Waals surface area contributed by atoms with E-state index in [9.17, 15) is 13.2 Å². The van der Waals surface area contributed by atoms with Crippen LogP contribution in [-0.2, 0) is 14.8 Å². The number of para-hydroxylation sites is 1. The van der Waals surface area contributed by atoms with E-state index in [4.69, 9.17) is 0 Å². The maximum absolute atomic E-state index is 12.9. The van der Waals surface area contributed by atoms with E-state index in [-0.39, 0.29) is 16.8 Å². The van der Waals surface area contributed by atoms with Crippen molar-refractivity contribution in [3.8, 4) is 0 Å². The first-order valence-electron chi connectivity index (χ1n) is 8.01. The van der Waals surface area contributed by atoms with Crippen molar-refractivity contribution in [3.05, 3.63) is 24.3 Å². The van der Waals surface area contributed by atoms with E-state index >= 15 is 0 Å². The molecule has 2 rings (SSSR count). The molecule has 1 saturated heterocycles. The van der Waals surface area contributed by atoms with Crippen LogP contribution in [0.15, 0.2) is 29.2 Å². The predicted octanol–water partition coefficient (Wildman–Crippen LogP) is 1.75. The third-order valence-corrected chi connectivity index (χ3v) is 6.19. The lowest BCUT2D eigenvalue weighted by Gasteiger charge is -2.26. The fourth-order valence-corrected chi connectivity index (χ4v) is 4.73. The Morgan fingerprint density at radius 3 is 2.57 bits per heavy atom. The van der Waals surface area contributed by atoms with Crippen LogP contribution in [0.5, 0.6) is 0 Å². The summed E-state index contributed by atoms with van der Waals surface area (Å²) < 4.78 is 27.4. The Morgan fingerprint density at radius 2 is 1.96 bits per heavy atom. The number of anilines is 1. The van der Waals surface area contributed by atoms with E-state index in [0.717, 1.165) is 19.5 Å². The predicted molar refractivity (Wildman–Crippen MR) is 90.8 cm³/mol. The molecule has 128 valence electrons. The monoisotopic (exact) mass is 339 g/mol. The van der Waals surface area contributed by atoms with Crippen molar-refractivity contribution in [3.63, 3.8) is 0 Å². The molecule has 1 aliphatic heterocycles. The highest BCUT2D eigenvalue weighted by molar-refractivity contribution is 7.89. The fourth-order valence-electron chi connectivity index (χ4n) is 3.09. The molecule has 0 spiro atoms. The highest BCUT2D eigenvalue weighted by atomic mass is 32.2. The first-order chi connectivity index (χ1) is 10.9. The molecule has 0 aliphatic carbocycles. The quantitative estimate of drug-likeness (QED) is 0.857. The summed E-state index contributed by atoms with van der Waals surface area (Å²) in [6, 6.07) is 6.81. The van der Waals surface area contributed by atoms with Crippen LogP contribution in [0.25, 0.3) is 0 Å². The summed E-state index contributed by atoms with van der Waals surface area (Å²) in [4.78, 5) is 13.8. The van der Waals surface area contributed by atoms with Crippen LogP contribution in [0.1, 0.15) is 27.2 Å². The van der Waals surface area contributed by atoms with E-state index in [0.29, 0.717) is 18.8 Å². The van der Waals surface area contributed by atoms with Gasteiger partial charge in [-0.05, 0) is 31.6 Å². The van der Waals surface area contributed by atoms with Crippen LogP contribution >= 0.6 is 0 Å². The van der Waals surface area contributed by atoms with Gasteiger partial charge in [0.05, 0.1) is 5.69 Å². The van der Waals surface area contributed by atoms with E-state index in [2.05, 4.69) is 24.1 Å². The van der Waals surface area contributed by atoms with E-state index in [1.165, 1.54) is 11.2 Å². The second kappa shape index (κ2) is 7.42. The van der Waals surface area contributed by atoms with Crippen LogP contribution in [0.4, 0.5) is 5.69 Å². The molecule has 1 aliphatic rings. The number of nitrogens with zero attached hydrogens (tertiary/aromatic N) is 2. The van der Waals surface area contributed by atoms with Crippen molar-refractivity contribution in [2.24, 2.45) is 0 Å². The van der Waals surface area contributed by atoms with Crippen molar-refractivity contribution in [1.29, 1.82) is 0 Å². The highest BCUT2D eigenvalue weighted by Gasteiger charge is 2.35. The maximum Gasteiger partial charge on any atom is 0.245 e. The number of rotatable bonds is 6. The Balaban J connectivity index is 2.25. The lowest BCUT2D eigenvalue weighted by molar-refractivity contribution is -0.114. The molecule has 6 nitrogen and oxygen atoms in total. The number of hydrogen-bond acceptors (Lipinski definition) is 4. The lowest BCUT2D eigenvalue weighted by atomic mass is 10.2. The maximum atomic E-state index is 12.9. The standard InChI is InChI=1S/C16H25N3O3S/c1-4-18(5-2)14-10-11-19(12-14)23(21,22)16-9-7-6-8-15(16)17-13(3)20/h6-9,14H,4-5,10-12H2,1-3H3,(H,17,20). The first kappa shape index (κ1) is 17.9. The third-order valence-electron chi connectivity index (χ3n) is 4.27. The zero-order valence-corrected chi connectivity index (χ0v) is 14.8. The van der Waals surface area contributed by atoms with E-state index in [1.807, 2.05) is 0 Å². The van der Waals surface area contributed by atoms with Crippen LogP contribution in [-0.4, -0.2) is 55.8 Å². The molecule has 1 aromatic rings. The molecule has 1 unspecified atom stereocenters. The van der Waals surface area contributed by atoms with Gasteiger partial charge in [0.15, 0.2) is 0 Å². The van der Waals surface area contributed by atoms with Gasteiger partial charge in [-0.3, -0.25) is 9.69 Å². The van der Waals surface area contributed by atoms with Gasteiger partial charge >= 0.3 is 0 Å².